The first kappa shape index (κ1) is 25.2. The van der Waals surface area contributed by atoms with Crippen LogP contribution in [-0.2, 0) is 13.1 Å². The van der Waals surface area contributed by atoms with Gasteiger partial charge in [0.1, 0.15) is 0 Å². The number of nitro benzene ring substituents is 1. The monoisotopic (exact) mass is 486 g/mol. The minimum atomic E-state index is -0.508. The first-order valence-electron chi connectivity index (χ1n) is 12.1. The van der Waals surface area contributed by atoms with Crippen LogP contribution in [0.25, 0.3) is 0 Å². The van der Waals surface area contributed by atoms with E-state index in [1.165, 1.54) is 29.8 Å². The van der Waals surface area contributed by atoms with Crippen molar-refractivity contribution in [3.63, 3.8) is 0 Å². The molecule has 36 heavy (non-hydrogen) atoms. The molecule has 186 valence electrons. The molecule has 3 aromatic carbocycles. The lowest BCUT2D eigenvalue weighted by atomic mass is 10.0. The molecule has 1 aliphatic rings. The van der Waals surface area contributed by atoms with E-state index in [1.807, 2.05) is 12.1 Å². The molecule has 0 unspecified atom stereocenters. The second-order valence-corrected chi connectivity index (χ2v) is 8.92. The molecule has 1 N–H and O–H groups in total. The second kappa shape index (κ2) is 11.7. The number of nitrogens with zero attached hydrogens (tertiary/aromatic N) is 3. The Hall–Kier alpha value is -3.88. The van der Waals surface area contributed by atoms with Gasteiger partial charge in [-0.15, -0.1) is 0 Å². The van der Waals surface area contributed by atoms with Crippen molar-refractivity contribution in [2.45, 2.75) is 20.0 Å². The number of likely N-dealkylation sites (N-methyl/N-ethyl adjacent to an activating group) is 1. The Bertz CT molecular complexity index is 1200. The van der Waals surface area contributed by atoms with Gasteiger partial charge in [0.2, 0.25) is 0 Å². The molecule has 0 aliphatic carbocycles. The molecule has 0 saturated carbocycles. The third kappa shape index (κ3) is 6.41. The molecular weight excluding hydrogens is 456 g/mol. The van der Waals surface area contributed by atoms with Crippen LogP contribution in [0.5, 0.6) is 0 Å². The average molecular weight is 487 g/mol. The van der Waals surface area contributed by atoms with Gasteiger partial charge in [0.25, 0.3) is 11.6 Å². The van der Waals surface area contributed by atoms with Crippen LogP contribution in [-0.4, -0.2) is 59.1 Å². The number of benzene rings is 3. The number of carbonyl (C=O) groups excluding carboxylic acids is 2. The van der Waals surface area contributed by atoms with Crippen LogP contribution in [0.3, 0.4) is 0 Å². The summed E-state index contributed by atoms with van der Waals surface area (Å²) in [6, 6.07) is 20.2. The summed E-state index contributed by atoms with van der Waals surface area (Å²) >= 11 is 0. The largest absolute Gasteiger partial charge is 0.348 e. The molecule has 0 atom stereocenters. The fraction of sp³-hybridized carbons (Fsp3) is 0.286. The molecule has 0 bridgehead atoms. The van der Waals surface area contributed by atoms with Crippen molar-refractivity contribution in [1.82, 2.24) is 15.1 Å². The van der Waals surface area contributed by atoms with Crippen LogP contribution in [0.15, 0.2) is 72.8 Å². The third-order valence-corrected chi connectivity index (χ3v) is 6.54. The number of rotatable bonds is 9. The molecule has 0 spiro atoms. The van der Waals surface area contributed by atoms with Gasteiger partial charge in [0.05, 0.1) is 4.92 Å². The number of nitro groups is 1. The fourth-order valence-corrected chi connectivity index (χ4v) is 4.24. The highest BCUT2D eigenvalue weighted by molar-refractivity contribution is 6.09. The first-order chi connectivity index (χ1) is 17.4. The van der Waals surface area contributed by atoms with Crippen LogP contribution >= 0.6 is 0 Å². The quantitative estimate of drug-likeness (QED) is 0.280. The Morgan fingerprint density at radius 2 is 1.28 bits per heavy atom. The van der Waals surface area contributed by atoms with Gasteiger partial charge in [-0.05, 0) is 41.9 Å². The molecule has 8 heteroatoms. The van der Waals surface area contributed by atoms with Gasteiger partial charge in [0.15, 0.2) is 5.78 Å². The summed E-state index contributed by atoms with van der Waals surface area (Å²) in [5, 5.41) is 13.7. The summed E-state index contributed by atoms with van der Waals surface area (Å²) in [5.41, 5.74) is 3.43. The summed E-state index contributed by atoms with van der Waals surface area (Å²) in [5.74, 6) is -0.480. The third-order valence-electron chi connectivity index (χ3n) is 6.54. The number of piperazine rings is 1. The maximum atomic E-state index is 12.6. The van der Waals surface area contributed by atoms with Crippen LogP contribution in [0, 0.1) is 10.1 Å². The normalized spacial score (nSPS) is 14.4. The van der Waals surface area contributed by atoms with E-state index in [2.05, 4.69) is 34.2 Å². The van der Waals surface area contributed by atoms with Crippen molar-refractivity contribution in [3.8, 4) is 0 Å². The smallest absolute Gasteiger partial charge is 0.269 e. The van der Waals surface area contributed by atoms with E-state index < -0.39 is 4.92 Å². The van der Waals surface area contributed by atoms with E-state index in [0.717, 1.165) is 44.8 Å². The molecule has 3 aromatic rings. The molecule has 4 rings (SSSR count). The molecule has 1 aliphatic heterocycles. The van der Waals surface area contributed by atoms with Gasteiger partial charge in [-0.3, -0.25) is 24.6 Å². The minimum Gasteiger partial charge on any atom is -0.348 e. The number of non-ortho nitro benzene ring substituents is 1. The number of nitrogens with one attached hydrogen (secondary N) is 1. The number of hydrogen-bond donors (Lipinski definition) is 1. The predicted octanol–water partition coefficient (Wildman–Crippen LogP) is 3.89. The Morgan fingerprint density at radius 1 is 0.778 bits per heavy atom. The van der Waals surface area contributed by atoms with Crippen molar-refractivity contribution in [3.05, 3.63) is 111 Å². The van der Waals surface area contributed by atoms with Crippen LogP contribution < -0.4 is 5.32 Å². The zero-order valence-corrected chi connectivity index (χ0v) is 20.4. The SMILES string of the molecule is CCN1CCN(Cc2ccc(CNC(=O)c3ccc(C(=O)c4ccc([N+](=O)[O-])cc4)cc3)cc2)CC1. The van der Waals surface area contributed by atoms with Gasteiger partial charge < -0.3 is 10.2 Å². The van der Waals surface area contributed by atoms with Gasteiger partial charge in [-0.25, -0.2) is 0 Å². The van der Waals surface area contributed by atoms with Crippen molar-refractivity contribution >= 4 is 17.4 Å². The molecule has 0 aromatic heterocycles. The lowest BCUT2D eigenvalue weighted by molar-refractivity contribution is -0.384. The lowest BCUT2D eigenvalue weighted by Gasteiger charge is -2.34. The molecule has 1 amide bonds. The average Bonchev–Trinajstić information content (AvgIpc) is 2.92. The Balaban J connectivity index is 1.27. The molecular formula is C28H30N4O4. The summed E-state index contributed by atoms with van der Waals surface area (Å²) in [6.45, 7) is 9.08. The van der Waals surface area contributed by atoms with Gasteiger partial charge in [-0.2, -0.15) is 0 Å². The Labute approximate surface area is 210 Å². The number of hydrogen-bond acceptors (Lipinski definition) is 6. The minimum absolute atomic E-state index is 0.0707. The Kier molecular flexibility index (Phi) is 8.20. The summed E-state index contributed by atoms with van der Waals surface area (Å²) in [6.07, 6.45) is 0. The highest BCUT2D eigenvalue weighted by Gasteiger charge is 2.16. The standard InChI is InChI=1S/C28H30N4O4/c1-2-30-15-17-31(18-16-30)20-22-5-3-21(4-6-22)19-29-28(34)25-9-7-23(8-10-25)27(33)24-11-13-26(14-12-24)32(35)36/h3-14H,2,15-20H2,1H3,(H,29,34). The van der Waals surface area contributed by atoms with Crippen molar-refractivity contribution < 1.29 is 14.5 Å². The lowest BCUT2D eigenvalue weighted by Crippen LogP contribution is -2.45. The van der Waals surface area contributed by atoms with Crippen LogP contribution in [0.4, 0.5) is 5.69 Å². The fourth-order valence-electron chi connectivity index (χ4n) is 4.24. The van der Waals surface area contributed by atoms with E-state index in [-0.39, 0.29) is 17.4 Å². The number of amides is 1. The molecule has 1 saturated heterocycles. The second-order valence-electron chi connectivity index (χ2n) is 8.92. The maximum absolute atomic E-state index is 12.6. The van der Waals surface area contributed by atoms with E-state index in [1.54, 1.807) is 24.3 Å². The number of ketones is 1. The zero-order valence-electron chi connectivity index (χ0n) is 20.4. The van der Waals surface area contributed by atoms with Gasteiger partial charge in [-0.1, -0.05) is 43.3 Å². The zero-order chi connectivity index (χ0) is 25.5. The van der Waals surface area contributed by atoms with Crippen molar-refractivity contribution in [2.75, 3.05) is 32.7 Å². The van der Waals surface area contributed by atoms with E-state index in [9.17, 15) is 19.7 Å². The van der Waals surface area contributed by atoms with E-state index in [0.29, 0.717) is 23.2 Å². The van der Waals surface area contributed by atoms with Gasteiger partial charge >= 0.3 is 0 Å². The van der Waals surface area contributed by atoms with E-state index >= 15 is 0 Å². The first-order valence-corrected chi connectivity index (χ1v) is 12.1. The topological polar surface area (TPSA) is 95.8 Å². The summed E-state index contributed by atoms with van der Waals surface area (Å²) in [7, 11) is 0. The van der Waals surface area contributed by atoms with Crippen LogP contribution in [0.2, 0.25) is 0 Å². The molecule has 8 nitrogen and oxygen atoms in total. The predicted molar refractivity (Wildman–Crippen MR) is 138 cm³/mol. The van der Waals surface area contributed by atoms with Gasteiger partial charge in [0, 0.05) is 68.1 Å². The molecule has 1 heterocycles. The van der Waals surface area contributed by atoms with Crippen molar-refractivity contribution in [2.24, 2.45) is 0 Å². The summed E-state index contributed by atoms with van der Waals surface area (Å²) < 4.78 is 0. The number of carbonyl (C=O) groups is 2. The molecule has 0 radical (unpaired) electrons. The summed E-state index contributed by atoms with van der Waals surface area (Å²) in [4.78, 5) is 40.4. The van der Waals surface area contributed by atoms with E-state index in [4.69, 9.17) is 0 Å². The highest BCUT2D eigenvalue weighted by atomic mass is 16.6. The van der Waals surface area contributed by atoms with Crippen molar-refractivity contribution in [1.29, 1.82) is 0 Å². The highest BCUT2D eigenvalue weighted by Crippen LogP contribution is 2.16. The maximum Gasteiger partial charge on any atom is 0.269 e. The van der Waals surface area contributed by atoms with Crippen LogP contribution in [0.1, 0.15) is 44.3 Å². The molecule has 1 fully saturated rings. The Morgan fingerprint density at radius 3 is 1.83 bits per heavy atom.